The Hall–Kier alpha value is -2.07. The van der Waals surface area contributed by atoms with Crippen molar-refractivity contribution < 1.29 is 47.8 Å². The molecule has 0 aromatic rings. The number of esters is 2. The van der Waals surface area contributed by atoms with Gasteiger partial charge in [-0.25, -0.2) is 4.57 Å². The van der Waals surface area contributed by atoms with Crippen LogP contribution in [0.4, 0.5) is 0 Å². The van der Waals surface area contributed by atoms with Crippen LogP contribution in [-0.2, 0) is 32.7 Å². The van der Waals surface area contributed by atoms with Crippen LogP contribution in [0, 0.1) is 0 Å². The molecule has 0 spiro atoms. The van der Waals surface area contributed by atoms with Gasteiger partial charge in [-0.1, -0.05) is 62.5 Å². The van der Waals surface area contributed by atoms with Crippen LogP contribution in [0.5, 0.6) is 0 Å². The standard InChI is InChI=1S/C27H45O10P/c1-3-5-6-7-8-9-10-11-12-13-14-15-16-17-18-19-27(31)37-25(21-29)23-35-38(32,33)34-22-24(20-28)36-26(30)4-2/h5-6,8-9,11-12,14-15,24-25,28-29H,3-4,7,10,13,16-23H2,1-2H3,(H,32,33)/b6-5-,9-8-,12-11-,15-14-. The van der Waals surface area contributed by atoms with Gasteiger partial charge in [-0.05, 0) is 44.9 Å². The van der Waals surface area contributed by atoms with Crippen LogP contribution in [-0.4, -0.2) is 65.7 Å². The topological polar surface area (TPSA) is 149 Å². The van der Waals surface area contributed by atoms with Gasteiger partial charge in [-0.15, -0.1) is 0 Å². The number of hydrogen-bond donors (Lipinski definition) is 3. The molecule has 0 saturated heterocycles. The zero-order chi connectivity index (χ0) is 28.5. The minimum absolute atomic E-state index is 0.0672. The van der Waals surface area contributed by atoms with Crippen molar-refractivity contribution in [1.82, 2.24) is 0 Å². The fraction of sp³-hybridized carbons (Fsp3) is 0.630. The maximum Gasteiger partial charge on any atom is 0.472 e. The molecule has 0 fully saturated rings. The van der Waals surface area contributed by atoms with Gasteiger partial charge in [0.15, 0.2) is 0 Å². The number of aliphatic hydroxyl groups is 2. The number of carbonyl (C=O) groups is 2. The molecule has 38 heavy (non-hydrogen) atoms. The quantitative estimate of drug-likeness (QED) is 0.0694. The molecule has 0 aliphatic heterocycles. The first-order valence-corrected chi connectivity index (χ1v) is 14.6. The van der Waals surface area contributed by atoms with Crippen molar-refractivity contribution in [3.8, 4) is 0 Å². The molecular formula is C27H45O10P. The summed E-state index contributed by atoms with van der Waals surface area (Å²) in [6.45, 7) is 1.31. The molecule has 0 radical (unpaired) electrons. The Bertz CT molecular complexity index is 791. The van der Waals surface area contributed by atoms with Gasteiger partial charge in [0.1, 0.15) is 12.2 Å². The minimum atomic E-state index is -4.60. The maximum absolute atomic E-state index is 12.0. The number of unbranched alkanes of at least 4 members (excludes halogenated alkanes) is 2. The zero-order valence-corrected chi connectivity index (χ0v) is 23.5. The Balaban J connectivity index is 4.06. The molecule has 0 rings (SSSR count). The lowest BCUT2D eigenvalue weighted by Crippen LogP contribution is -2.28. The Morgan fingerprint density at radius 3 is 1.68 bits per heavy atom. The smallest absolute Gasteiger partial charge is 0.457 e. The second-order valence-corrected chi connectivity index (χ2v) is 9.70. The summed E-state index contributed by atoms with van der Waals surface area (Å²) in [4.78, 5) is 33.0. The molecule has 3 unspecified atom stereocenters. The van der Waals surface area contributed by atoms with Gasteiger partial charge in [0.05, 0.1) is 26.4 Å². The van der Waals surface area contributed by atoms with E-state index in [0.29, 0.717) is 6.42 Å². The highest BCUT2D eigenvalue weighted by atomic mass is 31.2. The molecule has 0 aromatic carbocycles. The number of phosphoric acid groups is 1. The second kappa shape index (κ2) is 24.0. The first kappa shape index (κ1) is 35.9. The van der Waals surface area contributed by atoms with Crippen LogP contribution >= 0.6 is 7.82 Å². The van der Waals surface area contributed by atoms with Gasteiger partial charge >= 0.3 is 19.8 Å². The van der Waals surface area contributed by atoms with E-state index in [1.807, 2.05) is 0 Å². The molecular weight excluding hydrogens is 515 g/mol. The number of ether oxygens (including phenoxy) is 2. The Morgan fingerprint density at radius 2 is 1.21 bits per heavy atom. The van der Waals surface area contributed by atoms with E-state index in [1.165, 1.54) is 0 Å². The molecule has 0 saturated carbocycles. The predicted octanol–water partition coefficient (Wildman–Crippen LogP) is 4.70. The average molecular weight is 561 g/mol. The SMILES string of the molecule is CC/C=C\C/C=C\C/C=C\C/C=C\CCCCC(=O)OC(CO)COP(=O)(O)OCC(CO)OC(=O)CC. The van der Waals surface area contributed by atoms with Gasteiger partial charge in [-0.2, -0.15) is 0 Å². The molecule has 0 aliphatic rings. The minimum Gasteiger partial charge on any atom is -0.457 e. The van der Waals surface area contributed by atoms with E-state index in [0.717, 1.165) is 38.5 Å². The van der Waals surface area contributed by atoms with Gasteiger partial charge in [0, 0.05) is 12.8 Å². The summed E-state index contributed by atoms with van der Waals surface area (Å²) in [7, 11) is -4.60. The van der Waals surface area contributed by atoms with E-state index >= 15 is 0 Å². The second-order valence-electron chi connectivity index (χ2n) is 8.25. The highest BCUT2D eigenvalue weighted by Gasteiger charge is 2.27. The summed E-state index contributed by atoms with van der Waals surface area (Å²) in [5, 5.41) is 18.5. The van der Waals surface area contributed by atoms with Crippen LogP contribution in [0.3, 0.4) is 0 Å². The molecule has 0 amide bonds. The summed E-state index contributed by atoms with van der Waals surface area (Å²) in [5.41, 5.74) is 0. The Morgan fingerprint density at radius 1 is 0.737 bits per heavy atom. The van der Waals surface area contributed by atoms with Crippen molar-refractivity contribution in [2.24, 2.45) is 0 Å². The number of rotatable bonds is 23. The Labute approximate surface area is 226 Å². The lowest BCUT2D eigenvalue weighted by molar-refractivity contribution is -0.153. The monoisotopic (exact) mass is 560 g/mol. The molecule has 3 N–H and O–H groups in total. The zero-order valence-electron chi connectivity index (χ0n) is 22.6. The summed E-state index contributed by atoms with van der Waals surface area (Å²) < 4.78 is 31.3. The normalized spacial score (nSPS) is 15.4. The van der Waals surface area contributed by atoms with Crippen molar-refractivity contribution in [2.45, 2.75) is 83.8 Å². The van der Waals surface area contributed by atoms with E-state index in [9.17, 15) is 24.2 Å². The molecule has 10 nitrogen and oxygen atoms in total. The third-order valence-corrected chi connectivity index (χ3v) is 5.81. The van der Waals surface area contributed by atoms with E-state index in [1.54, 1.807) is 6.92 Å². The molecule has 0 bridgehead atoms. The fourth-order valence-electron chi connectivity index (χ4n) is 2.78. The van der Waals surface area contributed by atoms with Gasteiger partial charge in [0.25, 0.3) is 0 Å². The number of phosphoric ester groups is 1. The van der Waals surface area contributed by atoms with Crippen molar-refractivity contribution in [3.63, 3.8) is 0 Å². The molecule has 3 atom stereocenters. The number of hydrogen-bond acceptors (Lipinski definition) is 9. The van der Waals surface area contributed by atoms with Crippen LogP contribution in [0.25, 0.3) is 0 Å². The highest BCUT2D eigenvalue weighted by Crippen LogP contribution is 2.43. The molecule has 218 valence electrons. The fourth-order valence-corrected chi connectivity index (χ4v) is 3.57. The van der Waals surface area contributed by atoms with E-state index in [2.05, 4.69) is 55.5 Å². The number of carbonyl (C=O) groups excluding carboxylic acids is 2. The third-order valence-electron chi connectivity index (χ3n) is 4.86. The van der Waals surface area contributed by atoms with E-state index < -0.39 is 58.4 Å². The summed E-state index contributed by atoms with van der Waals surface area (Å²) in [6, 6.07) is 0. The van der Waals surface area contributed by atoms with Crippen LogP contribution in [0.2, 0.25) is 0 Å². The largest absolute Gasteiger partial charge is 0.472 e. The van der Waals surface area contributed by atoms with Crippen molar-refractivity contribution in [3.05, 3.63) is 48.6 Å². The van der Waals surface area contributed by atoms with Gasteiger partial charge < -0.3 is 24.6 Å². The summed E-state index contributed by atoms with van der Waals surface area (Å²) in [6.07, 6.45) is 20.9. The lowest BCUT2D eigenvalue weighted by atomic mass is 10.2. The third kappa shape index (κ3) is 22.0. The van der Waals surface area contributed by atoms with Crippen molar-refractivity contribution >= 4 is 19.8 Å². The molecule has 0 heterocycles. The first-order chi connectivity index (χ1) is 18.3. The molecule has 11 heteroatoms. The van der Waals surface area contributed by atoms with Gasteiger partial charge in [-0.3, -0.25) is 18.6 Å². The number of aliphatic hydroxyl groups excluding tert-OH is 2. The van der Waals surface area contributed by atoms with Crippen LogP contribution < -0.4 is 0 Å². The summed E-state index contributed by atoms with van der Waals surface area (Å²) >= 11 is 0. The highest BCUT2D eigenvalue weighted by molar-refractivity contribution is 7.47. The van der Waals surface area contributed by atoms with Crippen molar-refractivity contribution in [2.75, 3.05) is 26.4 Å². The van der Waals surface area contributed by atoms with Crippen molar-refractivity contribution in [1.29, 1.82) is 0 Å². The lowest BCUT2D eigenvalue weighted by Gasteiger charge is -2.20. The Kier molecular flexibility index (Phi) is 22.7. The predicted molar refractivity (Wildman–Crippen MR) is 145 cm³/mol. The van der Waals surface area contributed by atoms with E-state index in [-0.39, 0.29) is 12.8 Å². The maximum atomic E-state index is 12.0. The molecule has 0 aliphatic carbocycles. The molecule has 0 aromatic heterocycles. The number of allylic oxidation sites excluding steroid dienone is 8. The first-order valence-electron chi connectivity index (χ1n) is 13.1. The summed E-state index contributed by atoms with van der Waals surface area (Å²) in [5.74, 6) is -1.16. The van der Waals surface area contributed by atoms with Crippen LogP contribution in [0.15, 0.2) is 48.6 Å². The van der Waals surface area contributed by atoms with Crippen LogP contribution in [0.1, 0.15) is 71.6 Å². The average Bonchev–Trinajstić information content (AvgIpc) is 2.90. The van der Waals surface area contributed by atoms with E-state index in [4.69, 9.17) is 23.6 Å². The van der Waals surface area contributed by atoms with Gasteiger partial charge in [0.2, 0.25) is 0 Å².